The Kier molecular flexibility index (Phi) is 3.49. The lowest BCUT2D eigenvalue weighted by atomic mass is 10.1. The van der Waals surface area contributed by atoms with Crippen molar-refractivity contribution in [2.75, 3.05) is 11.1 Å². The highest BCUT2D eigenvalue weighted by atomic mass is 16.2. The van der Waals surface area contributed by atoms with E-state index in [4.69, 9.17) is 11.0 Å². The molecular formula is C20H15N7O. The summed E-state index contributed by atoms with van der Waals surface area (Å²) >= 11 is 0. The van der Waals surface area contributed by atoms with Crippen molar-refractivity contribution in [2.45, 2.75) is 6.42 Å². The number of nitrogen functional groups attached to an aromatic ring is 1. The highest BCUT2D eigenvalue weighted by Gasteiger charge is 2.43. The maximum Gasteiger partial charge on any atom is 0.230 e. The Morgan fingerprint density at radius 1 is 1.29 bits per heavy atom. The number of fused-ring (bicyclic) bond motifs is 2. The summed E-state index contributed by atoms with van der Waals surface area (Å²) < 4.78 is 0. The van der Waals surface area contributed by atoms with Gasteiger partial charge in [0.05, 0.1) is 35.3 Å². The van der Waals surface area contributed by atoms with Crippen molar-refractivity contribution in [1.82, 2.24) is 19.9 Å². The van der Waals surface area contributed by atoms with Crippen LogP contribution in [0, 0.1) is 23.2 Å². The first kappa shape index (κ1) is 16.2. The maximum absolute atomic E-state index is 12.2. The fraction of sp³-hybridized carbons (Fsp3) is 0.150. The number of aromatic amines is 1. The number of pyridine rings is 3. The molecule has 4 aromatic heterocycles. The molecule has 0 aromatic carbocycles. The van der Waals surface area contributed by atoms with Gasteiger partial charge in [0.1, 0.15) is 11.6 Å². The third kappa shape index (κ3) is 2.61. The minimum absolute atomic E-state index is 0.179. The smallest absolute Gasteiger partial charge is 0.230 e. The van der Waals surface area contributed by atoms with Gasteiger partial charge in [0, 0.05) is 34.9 Å². The van der Waals surface area contributed by atoms with E-state index in [1.165, 1.54) is 0 Å². The van der Waals surface area contributed by atoms with E-state index in [9.17, 15) is 4.79 Å². The Balaban J connectivity index is 1.55. The maximum atomic E-state index is 12.2. The number of hydrogen-bond acceptors (Lipinski definition) is 6. The number of rotatable bonds is 3. The molecule has 136 valence electrons. The molecule has 8 heteroatoms. The van der Waals surface area contributed by atoms with Gasteiger partial charge in [0.25, 0.3) is 0 Å². The van der Waals surface area contributed by atoms with Gasteiger partial charge in [0.2, 0.25) is 5.91 Å². The zero-order valence-electron chi connectivity index (χ0n) is 14.7. The zero-order valence-corrected chi connectivity index (χ0v) is 14.7. The van der Waals surface area contributed by atoms with E-state index in [0.717, 1.165) is 21.9 Å². The molecule has 4 N–H and O–H groups in total. The van der Waals surface area contributed by atoms with Crippen LogP contribution >= 0.6 is 0 Å². The van der Waals surface area contributed by atoms with Crippen molar-refractivity contribution < 1.29 is 4.79 Å². The molecule has 1 aliphatic carbocycles. The first-order valence-electron chi connectivity index (χ1n) is 8.82. The topological polar surface area (TPSA) is 133 Å². The van der Waals surface area contributed by atoms with Gasteiger partial charge < -0.3 is 16.0 Å². The van der Waals surface area contributed by atoms with E-state index < -0.39 is 0 Å². The predicted octanol–water partition coefficient (Wildman–Crippen LogP) is 2.85. The molecule has 0 bridgehead atoms. The molecule has 4 heterocycles. The first-order chi connectivity index (χ1) is 13.6. The Hall–Kier alpha value is -3.99. The number of amides is 1. The molecule has 1 saturated carbocycles. The van der Waals surface area contributed by atoms with Gasteiger partial charge >= 0.3 is 0 Å². The minimum atomic E-state index is -0.252. The molecule has 1 amide bonds. The molecule has 1 fully saturated rings. The lowest BCUT2D eigenvalue weighted by molar-refractivity contribution is -0.117. The highest BCUT2D eigenvalue weighted by molar-refractivity contribution is 6.00. The highest BCUT2D eigenvalue weighted by Crippen LogP contribution is 2.38. The summed E-state index contributed by atoms with van der Waals surface area (Å²) in [5, 5.41) is 14.2. The van der Waals surface area contributed by atoms with Gasteiger partial charge in [-0.3, -0.25) is 9.78 Å². The number of nitriles is 1. The molecule has 1 aliphatic rings. The number of carbonyl (C=O) groups excluding carboxylic acids is 1. The van der Waals surface area contributed by atoms with E-state index in [0.29, 0.717) is 29.1 Å². The Labute approximate surface area is 159 Å². The van der Waals surface area contributed by atoms with Crippen molar-refractivity contribution in [3.05, 3.63) is 43.0 Å². The van der Waals surface area contributed by atoms with Gasteiger partial charge in [-0.15, -0.1) is 0 Å². The normalized spacial score (nSPS) is 18.1. The van der Waals surface area contributed by atoms with E-state index in [1.807, 2.05) is 18.3 Å². The lowest BCUT2D eigenvalue weighted by Crippen LogP contribution is -2.15. The van der Waals surface area contributed by atoms with Crippen molar-refractivity contribution in [2.24, 2.45) is 11.8 Å². The quantitative estimate of drug-likeness (QED) is 0.508. The molecule has 0 unspecified atom stereocenters. The van der Waals surface area contributed by atoms with Crippen LogP contribution in [0.1, 0.15) is 6.42 Å². The molecule has 5 rings (SSSR count). The van der Waals surface area contributed by atoms with Gasteiger partial charge in [-0.05, 0) is 30.0 Å². The Morgan fingerprint density at radius 2 is 2.18 bits per heavy atom. The predicted molar refractivity (Wildman–Crippen MR) is 105 cm³/mol. The third-order valence-corrected chi connectivity index (χ3v) is 5.04. The van der Waals surface area contributed by atoms with Gasteiger partial charge in [-0.1, -0.05) is 0 Å². The second kappa shape index (κ2) is 6.03. The van der Waals surface area contributed by atoms with Gasteiger partial charge in [-0.25, -0.2) is 9.97 Å². The Bertz CT molecular complexity index is 1290. The van der Waals surface area contributed by atoms with Crippen LogP contribution < -0.4 is 11.1 Å². The van der Waals surface area contributed by atoms with Crippen LogP contribution in [-0.2, 0) is 4.79 Å². The standard InChI is InChI=1S/C20H15N7O/c21-6-11-3-13(11)20(28)27-18-5-10-4-16(26-19(22)14(10)8-25-18)15-7-23-9-17-12(15)1-2-24-17/h1-2,4-5,7-9,11,13,24H,3H2,(H2,22,26)(H,25,27,28)/t11-,13-/m0/s1. The number of nitrogens with one attached hydrogen (secondary N) is 2. The first-order valence-corrected chi connectivity index (χ1v) is 8.82. The average molecular weight is 369 g/mol. The number of anilines is 2. The molecule has 28 heavy (non-hydrogen) atoms. The van der Waals surface area contributed by atoms with Gasteiger partial charge in [0.15, 0.2) is 0 Å². The fourth-order valence-corrected chi connectivity index (χ4v) is 3.41. The minimum Gasteiger partial charge on any atom is -0.383 e. The summed E-state index contributed by atoms with van der Waals surface area (Å²) in [6.45, 7) is 0. The summed E-state index contributed by atoms with van der Waals surface area (Å²) in [5.41, 5.74) is 8.63. The molecule has 8 nitrogen and oxygen atoms in total. The van der Waals surface area contributed by atoms with Crippen molar-refractivity contribution in [3.63, 3.8) is 0 Å². The molecule has 0 radical (unpaired) electrons. The number of nitrogens with zero attached hydrogens (tertiary/aromatic N) is 4. The van der Waals surface area contributed by atoms with Crippen LogP contribution in [0.3, 0.4) is 0 Å². The number of hydrogen-bond donors (Lipinski definition) is 3. The average Bonchev–Trinajstić information content (AvgIpc) is 3.34. The van der Waals surface area contributed by atoms with Crippen LogP contribution in [0.15, 0.2) is 43.0 Å². The number of aromatic nitrogens is 4. The SMILES string of the molecule is N#C[C@@H]1C[C@@H]1C(=O)Nc1cc2cc(-c3cncc4[nH]ccc34)nc(N)c2cn1. The van der Waals surface area contributed by atoms with Crippen molar-refractivity contribution >= 4 is 39.2 Å². The molecule has 0 spiro atoms. The van der Waals surface area contributed by atoms with E-state index in [1.54, 1.807) is 24.7 Å². The Morgan fingerprint density at radius 3 is 3.00 bits per heavy atom. The summed E-state index contributed by atoms with van der Waals surface area (Å²) in [6, 6.07) is 7.75. The summed E-state index contributed by atoms with van der Waals surface area (Å²) in [6.07, 6.45) is 7.56. The number of H-pyrrole nitrogens is 1. The molecule has 4 aromatic rings. The monoisotopic (exact) mass is 369 g/mol. The largest absolute Gasteiger partial charge is 0.383 e. The van der Waals surface area contributed by atoms with Crippen molar-refractivity contribution in [1.29, 1.82) is 5.26 Å². The molecule has 0 saturated heterocycles. The summed E-state index contributed by atoms with van der Waals surface area (Å²) in [5.74, 6) is 0.161. The van der Waals surface area contributed by atoms with Crippen LogP contribution in [0.25, 0.3) is 32.9 Å². The van der Waals surface area contributed by atoms with E-state index in [2.05, 4.69) is 31.3 Å². The molecule has 2 atom stereocenters. The molecular weight excluding hydrogens is 354 g/mol. The van der Waals surface area contributed by atoms with Gasteiger partial charge in [-0.2, -0.15) is 5.26 Å². The van der Waals surface area contributed by atoms with Crippen LogP contribution in [0.2, 0.25) is 0 Å². The van der Waals surface area contributed by atoms with E-state index >= 15 is 0 Å². The fourth-order valence-electron chi connectivity index (χ4n) is 3.41. The third-order valence-electron chi connectivity index (χ3n) is 5.04. The lowest BCUT2D eigenvalue weighted by Gasteiger charge is -2.09. The molecule has 0 aliphatic heterocycles. The van der Waals surface area contributed by atoms with Crippen molar-refractivity contribution in [3.8, 4) is 17.3 Å². The number of carbonyl (C=O) groups is 1. The zero-order chi connectivity index (χ0) is 19.3. The number of nitrogens with two attached hydrogens (primary N) is 1. The van der Waals surface area contributed by atoms with E-state index in [-0.39, 0.29) is 17.7 Å². The second-order valence-corrected chi connectivity index (χ2v) is 6.88. The van der Waals surface area contributed by atoms with Crippen LogP contribution in [-0.4, -0.2) is 25.8 Å². The summed E-state index contributed by atoms with van der Waals surface area (Å²) in [4.78, 5) is 28.4. The van der Waals surface area contributed by atoms with Crippen LogP contribution in [0.4, 0.5) is 11.6 Å². The van der Waals surface area contributed by atoms with Crippen LogP contribution in [0.5, 0.6) is 0 Å². The second-order valence-electron chi connectivity index (χ2n) is 6.88. The summed E-state index contributed by atoms with van der Waals surface area (Å²) in [7, 11) is 0.